The van der Waals surface area contributed by atoms with E-state index in [4.69, 9.17) is 11.6 Å². The number of amides is 1. The van der Waals surface area contributed by atoms with Crippen LogP contribution in [0.5, 0.6) is 0 Å². The highest BCUT2D eigenvalue weighted by Crippen LogP contribution is 2.20. The molecule has 0 atom stereocenters. The minimum atomic E-state index is 0.0121. The van der Waals surface area contributed by atoms with Crippen LogP contribution in [0.25, 0.3) is 0 Å². The Labute approximate surface area is 121 Å². The molecule has 3 nitrogen and oxygen atoms in total. The summed E-state index contributed by atoms with van der Waals surface area (Å²) < 4.78 is 0. The second kappa shape index (κ2) is 5.72. The smallest absolute Gasteiger partial charge is 0.265 e. The van der Waals surface area contributed by atoms with E-state index in [2.05, 4.69) is 4.98 Å². The zero-order valence-corrected chi connectivity index (χ0v) is 12.7. The van der Waals surface area contributed by atoms with Gasteiger partial charge in [0.05, 0.1) is 10.7 Å². The molecule has 1 aromatic carbocycles. The molecule has 0 fully saturated rings. The Balaban J connectivity index is 2.11. The maximum atomic E-state index is 12.3. The van der Waals surface area contributed by atoms with Crippen molar-refractivity contribution in [3.63, 3.8) is 0 Å². The molecule has 0 radical (unpaired) electrons. The molecule has 5 heteroatoms. The number of nitrogens with zero attached hydrogens (tertiary/aromatic N) is 2. The summed E-state index contributed by atoms with van der Waals surface area (Å²) in [6.45, 7) is 4.34. The van der Waals surface area contributed by atoms with Gasteiger partial charge in [-0.1, -0.05) is 23.7 Å². The van der Waals surface area contributed by atoms with E-state index in [9.17, 15) is 4.79 Å². The average molecular weight is 295 g/mol. The van der Waals surface area contributed by atoms with Gasteiger partial charge in [0.25, 0.3) is 5.91 Å². The summed E-state index contributed by atoms with van der Waals surface area (Å²) >= 11 is 7.28. The molecule has 2 rings (SSSR count). The molecule has 2 aromatic rings. The number of rotatable bonds is 3. The van der Waals surface area contributed by atoms with Gasteiger partial charge in [-0.2, -0.15) is 0 Å². The van der Waals surface area contributed by atoms with E-state index >= 15 is 0 Å². The number of halogens is 1. The van der Waals surface area contributed by atoms with Gasteiger partial charge >= 0.3 is 0 Å². The molecular weight excluding hydrogens is 280 g/mol. The summed E-state index contributed by atoms with van der Waals surface area (Å²) in [5.41, 5.74) is 1.86. The van der Waals surface area contributed by atoms with Crippen molar-refractivity contribution >= 4 is 28.8 Å². The van der Waals surface area contributed by atoms with Crippen LogP contribution in [-0.4, -0.2) is 22.8 Å². The molecule has 100 valence electrons. The Morgan fingerprint density at radius 2 is 1.95 bits per heavy atom. The van der Waals surface area contributed by atoms with E-state index < -0.39 is 0 Å². The van der Waals surface area contributed by atoms with Crippen LogP contribution in [0.3, 0.4) is 0 Å². The highest BCUT2D eigenvalue weighted by Gasteiger charge is 2.17. The van der Waals surface area contributed by atoms with Crippen LogP contribution in [0.15, 0.2) is 24.3 Å². The number of aromatic nitrogens is 1. The van der Waals surface area contributed by atoms with Gasteiger partial charge in [0.2, 0.25) is 0 Å². The highest BCUT2D eigenvalue weighted by molar-refractivity contribution is 7.13. The molecule has 19 heavy (non-hydrogen) atoms. The van der Waals surface area contributed by atoms with Gasteiger partial charge in [-0.05, 0) is 31.5 Å². The standard InChI is InChI=1S/C14H15ClN2OS/c1-9-13(19-10(2)16-9)14(18)17(3)8-11-4-6-12(15)7-5-11/h4-7H,8H2,1-3H3. The lowest BCUT2D eigenvalue weighted by molar-refractivity contribution is 0.0789. The van der Waals surface area contributed by atoms with Crippen molar-refractivity contribution in [3.05, 3.63) is 50.4 Å². The normalized spacial score (nSPS) is 10.5. The maximum absolute atomic E-state index is 12.3. The van der Waals surface area contributed by atoms with Crippen molar-refractivity contribution in [1.29, 1.82) is 0 Å². The Morgan fingerprint density at radius 1 is 1.32 bits per heavy atom. The molecule has 0 aliphatic heterocycles. The minimum absolute atomic E-state index is 0.0121. The first-order valence-electron chi connectivity index (χ1n) is 5.91. The third-order valence-electron chi connectivity index (χ3n) is 2.78. The SMILES string of the molecule is Cc1nc(C)c(C(=O)N(C)Cc2ccc(Cl)cc2)s1. The molecule has 0 saturated heterocycles. The van der Waals surface area contributed by atoms with E-state index in [1.54, 1.807) is 11.9 Å². The molecule has 0 spiro atoms. The van der Waals surface area contributed by atoms with Crippen LogP contribution in [0.2, 0.25) is 5.02 Å². The van der Waals surface area contributed by atoms with Gasteiger partial charge in [-0.25, -0.2) is 4.98 Å². The largest absolute Gasteiger partial charge is 0.337 e. The number of carbonyl (C=O) groups excluding carboxylic acids is 1. The zero-order chi connectivity index (χ0) is 14.0. The minimum Gasteiger partial charge on any atom is -0.337 e. The van der Waals surface area contributed by atoms with E-state index in [1.807, 2.05) is 38.1 Å². The van der Waals surface area contributed by atoms with Crippen molar-refractivity contribution < 1.29 is 4.79 Å². The summed E-state index contributed by atoms with van der Waals surface area (Å²) in [5, 5.41) is 1.62. The maximum Gasteiger partial charge on any atom is 0.265 e. The fourth-order valence-corrected chi connectivity index (χ4v) is 2.88. The molecule has 0 unspecified atom stereocenters. The summed E-state index contributed by atoms with van der Waals surface area (Å²) in [5.74, 6) is 0.0121. The van der Waals surface area contributed by atoms with E-state index in [-0.39, 0.29) is 5.91 Å². The molecule has 1 heterocycles. The Bertz CT molecular complexity index is 592. The molecule has 0 aliphatic rings. The van der Waals surface area contributed by atoms with Gasteiger partial charge in [0.1, 0.15) is 4.88 Å². The summed E-state index contributed by atoms with van der Waals surface area (Å²) in [4.78, 5) is 19.0. The zero-order valence-electron chi connectivity index (χ0n) is 11.1. The number of carbonyl (C=O) groups is 1. The first kappa shape index (κ1) is 14.0. The van der Waals surface area contributed by atoms with Crippen LogP contribution in [0.4, 0.5) is 0 Å². The van der Waals surface area contributed by atoms with Crippen LogP contribution >= 0.6 is 22.9 Å². The Hall–Kier alpha value is -1.39. The van der Waals surface area contributed by atoms with Gasteiger partial charge < -0.3 is 4.90 Å². The van der Waals surface area contributed by atoms with Crippen molar-refractivity contribution in [2.45, 2.75) is 20.4 Å². The second-order valence-electron chi connectivity index (χ2n) is 4.44. The van der Waals surface area contributed by atoms with E-state index in [1.165, 1.54) is 11.3 Å². The lowest BCUT2D eigenvalue weighted by Crippen LogP contribution is -2.26. The third-order valence-corrected chi connectivity index (χ3v) is 4.09. The predicted molar refractivity (Wildman–Crippen MR) is 78.8 cm³/mol. The fraction of sp³-hybridized carbons (Fsp3) is 0.286. The monoisotopic (exact) mass is 294 g/mol. The quantitative estimate of drug-likeness (QED) is 0.865. The second-order valence-corrected chi connectivity index (χ2v) is 6.07. The molecular formula is C14H15ClN2OS. The number of hydrogen-bond acceptors (Lipinski definition) is 3. The molecule has 0 bridgehead atoms. The fourth-order valence-electron chi connectivity index (χ4n) is 1.84. The van der Waals surface area contributed by atoms with Crippen LogP contribution in [0.1, 0.15) is 25.9 Å². The molecule has 0 aliphatic carbocycles. The lowest BCUT2D eigenvalue weighted by atomic mass is 10.2. The van der Waals surface area contributed by atoms with Gasteiger partial charge in [0.15, 0.2) is 0 Å². The first-order valence-corrected chi connectivity index (χ1v) is 7.10. The lowest BCUT2D eigenvalue weighted by Gasteiger charge is -2.16. The Morgan fingerprint density at radius 3 is 2.47 bits per heavy atom. The van der Waals surface area contributed by atoms with Crippen molar-refractivity contribution in [2.75, 3.05) is 7.05 Å². The van der Waals surface area contributed by atoms with Gasteiger partial charge in [0, 0.05) is 18.6 Å². The van der Waals surface area contributed by atoms with Crippen LogP contribution in [0, 0.1) is 13.8 Å². The number of benzene rings is 1. The predicted octanol–water partition coefficient (Wildman–Crippen LogP) is 3.69. The number of aryl methyl sites for hydroxylation is 2. The summed E-state index contributed by atoms with van der Waals surface area (Å²) in [6.07, 6.45) is 0. The van der Waals surface area contributed by atoms with Gasteiger partial charge in [-0.15, -0.1) is 11.3 Å². The van der Waals surface area contributed by atoms with Crippen LogP contribution < -0.4 is 0 Å². The molecule has 0 saturated carbocycles. The number of thiazole rings is 1. The summed E-state index contributed by atoms with van der Waals surface area (Å²) in [7, 11) is 1.80. The third kappa shape index (κ3) is 3.33. The van der Waals surface area contributed by atoms with Gasteiger partial charge in [-0.3, -0.25) is 4.79 Å². The average Bonchev–Trinajstić information content (AvgIpc) is 2.70. The number of hydrogen-bond donors (Lipinski definition) is 0. The molecule has 1 aromatic heterocycles. The molecule has 1 amide bonds. The van der Waals surface area contributed by atoms with Crippen molar-refractivity contribution in [3.8, 4) is 0 Å². The van der Waals surface area contributed by atoms with Crippen LogP contribution in [-0.2, 0) is 6.54 Å². The van der Waals surface area contributed by atoms with Crippen molar-refractivity contribution in [1.82, 2.24) is 9.88 Å². The van der Waals surface area contributed by atoms with E-state index in [0.29, 0.717) is 16.4 Å². The Kier molecular flexibility index (Phi) is 4.22. The summed E-state index contributed by atoms with van der Waals surface area (Å²) in [6, 6.07) is 7.52. The van der Waals surface area contributed by atoms with Crippen molar-refractivity contribution in [2.24, 2.45) is 0 Å². The van der Waals surface area contributed by atoms with E-state index in [0.717, 1.165) is 16.3 Å². The first-order chi connectivity index (χ1) is 8.97. The molecule has 0 N–H and O–H groups in total. The topological polar surface area (TPSA) is 33.2 Å². The highest BCUT2D eigenvalue weighted by atomic mass is 35.5.